The molecule has 1 rings (SSSR count). The molecule has 5 nitrogen and oxygen atoms in total. The Morgan fingerprint density at radius 2 is 2.11 bits per heavy atom. The Bertz CT molecular complexity index is 389. The fourth-order valence-corrected chi connectivity index (χ4v) is 1.82. The summed E-state index contributed by atoms with van der Waals surface area (Å²) in [6.45, 7) is 4.35. The van der Waals surface area contributed by atoms with Gasteiger partial charge in [0.2, 0.25) is 0 Å². The number of unbranched alkanes of at least 4 members (excludes halogenated alkanes) is 3. The second-order valence-corrected chi connectivity index (χ2v) is 4.40. The number of aromatic nitrogens is 2. The molecule has 1 aromatic heterocycles. The van der Waals surface area contributed by atoms with E-state index in [1.54, 1.807) is 17.0 Å². The average Bonchev–Trinajstić information content (AvgIpc) is 2.38. The predicted octanol–water partition coefficient (Wildman–Crippen LogP) is 1.58. The van der Waals surface area contributed by atoms with Crippen LogP contribution in [0.4, 0.5) is 5.82 Å². The maximum atomic E-state index is 11.9. The van der Waals surface area contributed by atoms with E-state index in [-0.39, 0.29) is 5.56 Å². The summed E-state index contributed by atoms with van der Waals surface area (Å²) >= 11 is 0. The van der Waals surface area contributed by atoms with Gasteiger partial charge in [-0.25, -0.2) is 4.98 Å². The van der Waals surface area contributed by atoms with Crippen LogP contribution < -0.4 is 16.6 Å². The Balaban J connectivity index is 2.38. The SMILES string of the molecule is CCCn1ccnc(NCCCCCCN)c1=O. The molecule has 0 aliphatic heterocycles. The van der Waals surface area contributed by atoms with Crippen LogP contribution in [0.15, 0.2) is 17.2 Å². The number of hydrogen-bond acceptors (Lipinski definition) is 4. The van der Waals surface area contributed by atoms with Crippen LogP contribution >= 0.6 is 0 Å². The number of anilines is 1. The van der Waals surface area contributed by atoms with Crippen LogP contribution in [0.1, 0.15) is 39.0 Å². The molecule has 0 fully saturated rings. The van der Waals surface area contributed by atoms with Crippen LogP contribution in [-0.2, 0) is 6.54 Å². The summed E-state index contributed by atoms with van der Waals surface area (Å²) in [5.41, 5.74) is 5.40. The molecule has 0 aliphatic carbocycles. The van der Waals surface area contributed by atoms with E-state index in [0.29, 0.717) is 5.82 Å². The highest BCUT2D eigenvalue weighted by Gasteiger charge is 2.02. The van der Waals surface area contributed by atoms with Crippen molar-refractivity contribution in [3.63, 3.8) is 0 Å². The summed E-state index contributed by atoms with van der Waals surface area (Å²) in [6.07, 6.45) is 8.77. The van der Waals surface area contributed by atoms with Gasteiger partial charge in [-0.2, -0.15) is 0 Å². The van der Waals surface area contributed by atoms with Gasteiger partial charge in [0.05, 0.1) is 0 Å². The topological polar surface area (TPSA) is 72.9 Å². The summed E-state index contributed by atoms with van der Waals surface area (Å²) in [6, 6.07) is 0. The van der Waals surface area contributed by atoms with E-state index in [9.17, 15) is 4.79 Å². The van der Waals surface area contributed by atoms with Crippen molar-refractivity contribution in [2.75, 3.05) is 18.4 Å². The first-order chi connectivity index (χ1) is 8.79. The highest BCUT2D eigenvalue weighted by Crippen LogP contribution is 2.00. The highest BCUT2D eigenvalue weighted by molar-refractivity contribution is 5.30. The molecule has 1 aromatic rings. The lowest BCUT2D eigenvalue weighted by Gasteiger charge is -2.07. The van der Waals surface area contributed by atoms with Crippen molar-refractivity contribution >= 4 is 5.82 Å². The van der Waals surface area contributed by atoms with Crippen molar-refractivity contribution < 1.29 is 0 Å². The van der Waals surface area contributed by atoms with Gasteiger partial charge in [0.1, 0.15) is 0 Å². The summed E-state index contributed by atoms with van der Waals surface area (Å²) in [5.74, 6) is 0.463. The number of nitrogens with zero attached hydrogens (tertiary/aromatic N) is 2. The van der Waals surface area contributed by atoms with Crippen molar-refractivity contribution in [3.05, 3.63) is 22.7 Å². The second kappa shape index (κ2) is 8.69. The third-order valence-electron chi connectivity index (χ3n) is 2.80. The van der Waals surface area contributed by atoms with Crippen LogP contribution in [0.5, 0.6) is 0 Å². The minimum Gasteiger partial charge on any atom is -0.365 e. The normalized spacial score (nSPS) is 10.6. The molecular weight excluding hydrogens is 228 g/mol. The molecule has 18 heavy (non-hydrogen) atoms. The third-order valence-corrected chi connectivity index (χ3v) is 2.80. The summed E-state index contributed by atoms with van der Waals surface area (Å²) < 4.78 is 1.70. The number of aryl methyl sites for hydroxylation is 1. The maximum Gasteiger partial charge on any atom is 0.293 e. The summed E-state index contributed by atoms with van der Waals surface area (Å²) in [4.78, 5) is 16.0. The van der Waals surface area contributed by atoms with Gasteiger partial charge in [0, 0.05) is 25.5 Å². The van der Waals surface area contributed by atoms with Gasteiger partial charge in [0.25, 0.3) is 5.56 Å². The number of hydrogen-bond donors (Lipinski definition) is 2. The third kappa shape index (κ3) is 4.87. The van der Waals surface area contributed by atoms with E-state index >= 15 is 0 Å². The van der Waals surface area contributed by atoms with Gasteiger partial charge in [-0.3, -0.25) is 4.79 Å². The first-order valence-electron chi connectivity index (χ1n) is 6.79. The lowest BCUT2D eigenvalue weighted by Crippen LogP contribution is -2.24. The van der Waals surface area contributed by atoms with Gasteiger partial charge in [-0.15, -0.1) is 0 Å². The molecule has 0 unspecified atom stereocenters. The zero-order chi connectivity index (χ0) is 13.2. The van der Waals surface area contributed by atoms with E-state index in [2.05, 4.69) is 17.2 Å². The number of rotatable bonds is 9. The first kappa shape index (κ1) is 14.7. The molecule has 0 saturated carbocycles. The van der Waals surface area contributed by atoms with Gasteiger partial charge >= 0.3 is 0 Å². The molecule has 0 radical (unpaired) electrons. The summed E-state index contributed by atoms with van der Waals surface area (Å²) in [5, 5.41) is 3.11. The Morgan fingerprint density at radius 1 is 1.33 bits per heavy atom. The Labute approximate surface area is 108 Å². The van der Waals surface area contributed by atoms with Gasteiger partial charge < -0.3 is 15.6 Å². The van der Waals surface area contributed by atoms with Crippen LogP contribution in [0.3, 0.4) is 0 Å². The second-order valence-electron chi connectivity index (χ2n) is 4.40. The van der Waals surface area contributed by atoms with Crippen LogP contribution in [0, 0.1) is 0 Å². The lowest BCUT2D eigenvalue weighted by atomic mass is 10.2. The zero-order valence-electron chi connectivity index (χ0n) is 11.2. The van der Waals surface area contributed by atoms with E-state index in [1.807, 2.05) is 0 Å². The number of nitrogens with one attached hydrogen (secondary N) is 1. The van der Waals surface area contributed by atoms with Gasteiger partial charge in [-0.1, -0.05) is 19.8 Å². The molecule has 0 saturated heterocycles. The van der Waals surface area contributed by atoms with Gasteiger partial charge in [0.15, 0.2) is 5.82 Å². The minimum atomic E-state index is -0.0266. The Hall–Kier alpha value is -1.36. The quantitative estimate of drug-likeness (QED) is 0.655. The molecule has 0 bridgehead atoms. The van der Waals surface area contributed by atoms with Crippen molar-refractivity contribution in [2.24, 2.45) is 5.73 Å². The first-order valence-corrected chi connectivity index (χ1v) is 6.79. The Morgan fingerprint density at radius 3 is 2.83 bits per heavy atom. The zero-order valence-corrected chi connectivity index (χ0v) is 11.2. The molecule has 0 amide bonds. The fourth-order valence-electron chi connectivity index (χ4n) is 1.82. The minimum absolute atomic E-state index is 0.0266. The maximum absolute atomic E-state index is 11.9. The highest BCUT2D eigenvalue weighted by atomic mass is 16.1. The molecule has 1 heterocycles. The standard InChI is InChI=1S/C13H24N4O/c1-2-10-17-11-9-16-12(13(17)18)15-8-6-4-3-5-7-14/h9,11H,2-8,10,14H2,1H3,(H,15,16). The van der Waals surface area contributed by atoms with Crippen molar-refractivity contribution in [2.45, 2.75) is 45.6 Å². The molecular formula is C13H24N4O. The van der Waals surface area contributed by atoms with Crippen LogP contribution in [-0.4, -0.2) is 22.6 Å². The summed E-state index contributed by atoms with van der Waals surface area (Å²) in [7, 11) is 0. The van der Waals surface area contributed by atoms with Crippen LogP contribution in [0.25, 0.3) is 0 Å². The molecule has 5 heteroatoms. The van der Waals surface area contributed by atoms with E-state index < -0.39 is 0 Å². The largest absolute Gasteiger partial charge is 0.365 e. The lowest BCUT2D eigenvalue weighted by molar-refractivity contribution is 0.644. The van der Waals surface area contributed by atoms with Crippen LogP contribution in [0.2, 0.25) is 0 Å². The smallest absolute Gasteiger partial charge is 0.293 e. The van der Waals surface area contributed by atoms with Crippen molar-refractivity contribution in [1.29, 1.82) is 0 Å². The van der Waals surface area contributed by atoms with Crippen molar-refractivity contribution in [1.82, 2.24) is 9.55 Å². The molecule has 102 valence electrons. The monoisotopic (exact) mass is 252 g/mol. The van der Waals surface area contributed by atoms with Gasteiger partial charge in [-0.05, 0) is 25.8 Å². The molecule has 0 aromatic carbocycles. The molecule has 0 atom stereocenters. The van der Waals surface area contributed by atoms with E-state index in [0.717, 1.165) is 51.7 Å². The molecule has 0 aliphatic rings. The van der Waals surface area contributed by atoms with E-state index in [1.165, 1.54) is 0 Å². The molecule has 0 spiro atoms. The van der Waals surface area contributed by atoms with Crippen molar-refractivity contribution in [3.8, 4) is 0 Å². The number of nitrogens with two attached hydrogens (primary N) is 1. The fraction of sp³-hybridized carbons (Fsp3) is 0.692. The molecule has 3 N–H and O–H groups in total. The predicted molar refractivity (Wildman–Crippen MR) is 74.8 cm³/mol. The Kier molecular flexibility index (Phi) is 7.10. The van der Waals surface area contributed by atoms with E-state index in [4.69, 9.17) is 5.73 Å². The average molecular weight is 252 g/mol.